The molecule has 0 aliphatic heterocycles. The maximum Gasteiger partial charge on any atom is 0.335 e. The summed E-state index contributed by atoms with van der Waals surface area (Å²) in [6.07, 6.45) is 8.54. The van der Waals surface area contributed by atoms with E-state index in [4.69, 9.17) is 4.74 Å². The van der Waals surface area contributed by atoms with Crippen molar-refractivity contribution in [3.8, 4) is 5.69 Å². The number of esters is 1. The van der Waals surface area contributed by atoms with E-state index in [2.05, 4.69) is 35.8 Å². The Kier molecular flexibility index (Phi) is 12.1. The first-order valence-electron chi connectivity index (χ1n) is 19.1. The van der Waals surface area contributed by atoms with E-state index in [1.165, 1.54) is 35.2 Å². The number of anilines is 1. The van der Waals surface area contributed by atoms with Crippen LogP contribution in [0.15, 0.2) is 93.6 Å². The normalized spacial score (nSPS) is 14.3. The average molecular weight is 798 g/mol. The highest BCUT2D eigenvalue weighted by atomic mass is 32.2. The lowest BCUT2D eigenvalue weighted by molar-refractivity contribution is -0.152. The third-order valence-electron chi connectivity index (χ3n) is 10.3. The standard InChI is InChI=1S/C43H48FN5O7S/c1-27-23-29(19-21-43(2,3)4)13-18-38(27)57(54,55)47-30-14-17-33(35(44)25-30)39(50)46-36(41(52)56-32-9-7-6-8-10-32)24-28-11-15-31(16-12-28)49-40(51)34-20-22-45-26-37(34)48(5)42(49)53/h11-18,20,22-23,25-26,32,36,47H,6-10,19,21,24H2,1-5H3,(H,46,50)/t36-/m0/s1. The molecule has 1 amide bonds. The number of halogens is 1. The average Bonchev–Trinajstić information content (AvgIpc) is 3.16. The van der Waals surface area contributed by atoms with Crippen molar-refractivity contribution < 1.29 is 27.1 Å². The smallest absolute Gasteiger partial charge is 0.335 e. The number of nitrogens with zero attached hydrogens (tertiary/aromatic N) is 3. The molecule has 0 unspecified atom stereocenters. The zero-order valence-corrected chi connectivity index (χ0v) is 33.6. The van der Waals surface area contributed by atoms with Gasteiger partial charge in [0.25, 0.3) is 21.5 Å². The molecule has 0 radical (unpaired) electrons. The van der Waals surface area contributed by atoms with Crippen molar-refractivity contribution in [2.24, 2.45) is 12.5 Å². The number of nitrogens with one attached hydrogen (secondary N) is 2. The number of amides is 1. The number of carbonyl (C=O) groups is 2. The molecule has 2 heterocycles. The van der Waals surface area contributed by atoms with Gasteiger partial charge in [-0.05, 0) is 110 Å². The Morgan fingerprint density at radius 1 is 0.965 bits per heavy atom. The summed E-state index contributed by atoms with van der Waals surface area (Å²) in [5, 5.41) is 2.94. The van der Waals surface area contributed by atoms with Crippen molar-refractivity contribution >= 4 is 38.5 Å². The fraction of sp³-hybridized carbons (Fsp3) is 0.372. The van der Waals surface area contributed by atoms with Crippen molar-refractivity contribution in [1.82, 2.24) is 19.4 Å². The molecule has 12 nitrogen and oxygen atoms in total. The predicted molar refractivity (Wildman–Crippen MR) is 217 cm³/mol. The summed E-state index contributed by atoms with van der Waals surface area (Å²) >= 11 is 0. The molecule has 5 aromatic rings. The molecule has 300 valence electrons. The molecular weight excluding hydrogens is 750 g/mol. The van der Waals surface area contributed by atoms with Gasteiger partial charge in [-0.1, -0.05) is 51.5 Å². The zero-order chi connectivity index (χ0) is 41.1. The number of sulfonamides is 1. The summed E-state index contributed by atoms with van der Waals surface area (Å²) in [5.74, 6) is -2.58. The minimum atomic E-state index is -4.09. The van der Waals surface area contributed by atoms with E-state index >= 15 is 4.39 Å². The first-order valence-corrected chi connectivity index (χ1v) is 20.6. The lowest BCUT2D eigenvalue weighted by Gasteiger charge is -2.25. The summed E-state index contributed by atoms with van der Waals surface area (Å²) < 4.78 is 52.9. The molecule has 1 aliphatic rings. The van der Waals surface area contributed by atoms with Crippen LogP contribution in [-0.2, 0) is 39.4 Å². The first kappa shape index (κ1) is 41.0. The van der Waals surface area contributed by atoms with Crippen molar-refractivity contribution in [2.75, 3.05) is 4.72 Å². The molecule has 1 atom stereocenters. The number of hydrogen-bond donors (Lipinski definition) is 2. The van der Waals surface area contributed by atoms with Gasteiger partial charge in [0.15, 0.2) is 0 Å². The molecule has 1 saturated carbocycles. The minimum absolute atomic E-state index is 0.0400. The second kappa shape index (κ2) is 16.8. The number of carbonyl (C=O) groups excluding carboxylic acids is 2. The third kappa shape index (κ3) is 9.67. The number of rotatable bonds is 12. The van der Waals surface area contributed by atoms with Crippen LogP contribution in [0, 0.1) is 18.2 Å². The molecule has 0 bridgehead atoms. The second-order valence-corrected chi connectivity index (χ2v) is 17.6. The molecular formula is C43H48FN5O7S. The Hall–Kier alpha value is -5.63. The number of aromatic nitrogens is 3. The molecule has 0 spiro atoms. The van der Waals surface area contributed by atoms with Gasteiger partial charge in [0.1, 0.15) is 18.0 Å². The molecule has 0 saturated heterocycles. The van der Waals surface area contributed by atoms with Crippen molar-refractivity contribution in [2.45, 2.75) is 96.1 Å². The fourth-order valence-corrected chi connectivity index (χ4v) is 8.34. The van der Waals surface area contributed by atoms with E-state index in [1.54, 1.807) is 44.3 Å². The lowest BCUT2D eigenvalue weighted by Crippen LogP contribution is -2.45. The van der Waals surface area contributed by atoms with Crippen LogP contribution in [0.4, 0.5) is 10.1 Å². The Bertz CT molecular complexity index is 2540. The van der Waals surface area contributed by atoms with Crippen molar-refractivity contribution in [1.29, 1.82) is 0 Å². The van der Waals surface area contributed by atoms with E-state index in [1.807, 2.05) is 6.07 Å². The topological polar surface area (TPSA) is 158 Å². The molecule has 1 aliphatic carbocycles. The van der Waals surface area contributed by atoms with Crippen LogP contribution in [-0.4, -0.2) is 46.6 Å². The maximum atomic E-state index is 15.6. The van der Waals surface area contributed by atoms with Gasteiger partial charge >= 0.3 is 11.7 Å². The van der Waals surface area contributed by atoms with Gasteiger partial charge in [-0.3, -0.25) is 23.9 Å². The van der Waals surface area contributed by atoms with Gasteiger partial charge in [0.05, 0.1) is 38.9 Å². The number of fused-ring (bicyclic) bond motifs is 1. The Morgan fingerprint density at radius 2 is 1.67 bits per heavy atom. The third-order valence-corrected chi connectivity index (χ3v) is 11.8. The highest BCUT2D eigenvalue weighted by molar-refractivity contribution is 7.92. The summed E-state index contributed by atoms with van der Waals surface area (Å²) in [6, 6.07) is 15.2. The Labute approximate surface area is 331 Å². The van der Waals surface area contributed by atoms with Crippen molar-refractivity contribution in [3.05, 3.63) is 128 Å². The summed E-state index contributed by atoms with van der Waals surface area (Å²) in [6.45, 7) is 8.14. The predicted octanol–water partition coefficient (Wildman–Crippen LogP) is 6.53. The number of ether oxygens (including phenoxy) is 1. The van der Waals surface area contributed by atoms with Crippen LogP contribution >= 0.6 is 0 Å². The van der Waals surface area contributed by atoms with Crippen LogP contribution < -0.4 is 21.3 Å². The molecule has 1 fully saturated rings. The van der Waals surface area contributed by atoms with Crippen LogP contribution in [0.5, 0.6) is 0 Å². The van der Waals surface area contributed by atoms with E-state index in [0.717, 1.165) is 54.4 Å². The minimum Gasteiger partial charge on any atom is -0.461 e. The van der Waals surface area contributed by atoms with Gasteiger partial charge in [0.2, 0.25) is 0 Å². The van der Waals surface area contributed by atoms with Gasteiger partial charge in [-0.15, -0.1) is 0 Å². The number of pyridine rings is 1. The van der Waals surface area contributed by atoms with Crippen molar-refractivity contribution in [3.63, 3.8) is 0 Å². The van der Waals surface area contributed by atoms with Crippen LogP contribution in [0.2, 0.25) is 0 Å². The molecule has 6 rings (SSSR count). The zero-order valence-electron chi connectivity index (χ0n) is 32.8. The molecule has 2 aromatic heterocycles. The van der Waals surface area contributed by atoms with Gasteiger partial charge in [-0.25, -0.2) is 27.0 Å². The second-order valence-electron chi connectivity index (χ2n) is 15.9. The highest BCUT2D eigenvalue weighted by Gasteiger charge is 2.28. The quantitative estimate of drug-likeness (QED) is 0.135. The van der Waals surface area contributed by atoms with Crippen LogP contribution in [0.1, 0.15) is 86.3 Å². The molecule has 3 aromatic carbocycles. The molecule has 14 heteroatoms. The lowest BCUT2D eigenvalue weighted by atomic mass is 9.88. The summed E-state index contributed by atoms with van der Waals surface area (Å²) in [4.78, 5) is 57.7. The number of aryl methyl sites for hydroxylation is 3. The number of hydrogen-bond acceptors (Lipinski definition) is 8. The SMILES string of the molecule is Cc1cc(CCC(C)(C)C)ccc1S(=O)(=O)Nc1ccc(C(=O)N[C@@H](Cc2ccc(-n3c(=O)c4ccncc4n(C)c3=O)cc2)C(=O)OC2CCCCC2)c(F)c1. The summed E-state index contributed by atoms with van der Waals surface area (Å²) in [5.41, 5.74) is 1.41. The van der Waals surface area contributed by atoms with Crippen LogP contribution in [0.25, 0.3) is 16.6 Å². The summed E-state index contributed by atoms with van der Waals surface area (Å²) in [7, 11) is -2.54. The molecule has 57 heavy (non-hydrogen) atoms. The Balaban J connectivity index is 1.20. The van der Waals surface area contributed by atoms with Gasteiger partial charge in [-0.2, -0.15) is 0 Å². The van der Waals surface area contributed by atoms with E-state index < -0.39 is 50.6 Å². The first-order chi connectivity index (χ1) is 27.0. The van der Waals surface area contributed by atoms with E-state index in [-0.39, 0.29) is 28.5 Å². The fourth-order valence-electron chi connectivity index (χ4n) is 7.06. The largest absolute Gasteiger partial charge is 0.461 e. The monoisotopic (exact) mass is 797 g/mol. The van der Waals surface area contributed by atoms with E-state index in [9.17, 15) is 27.6 Å². The Morgan fingerprint density at radius 3 is 2.33 bits per heavy atom. The van der Waals surface area contributed by atoms with E-state index in [0.29, 0.717) is 40.6 Å². The van der Waals surface area contributed by atoms with Crippen LogP contribution in [0.3, 0.4) is 0 Å². The molecule has 2 N–H and O–H groups in total. The maximum absolute atomic E-state index is 15.6. The van der Waals surface area contributed by atoms with Gasteiger partial charge in [0, 0.05) is 19.7 Å². The number of benzene rings is 3. The highest BCUT2D eigenvalue weighted by Crippen LogP contribution is 2.26. The van der Waals surface area contributed by atoms with Gasteiger partial charge < -0.3 is 10.1 Å².